The molecule has 0 bridgehead atoms. The average molecular weight is 248 g/mol. The number of alkyl halides is 3. The van der Waals surface area contributed by atoms with E-state index in [2.05, 4.69) is 5.32 Å². The van der Waals surface area contributed by atoms with Crippen LogP contribution in [0.3, 0.4) is 0 Å². The molecule has 0 spiro atoms. The molecule has 0 aromatic heterocycles. The maximum Gasteiger partial charge on any atom is 0.270 e. The summed E-state index contributed by atoms with van der Waals surface area (Å²) in [5.41, 5.74) is 0.714. The van der Waals surface area contributed by atoms with Crippen molar-refractivity contribution >= 4 is 17.5 Å². The Hall–Kier alpha value is -1.16. The van der Waals surface area contributed by atoms with Crippen LogP contribution in [0.5, 0.6) is 0 Å². The van der Waals surface area contributed by atoms with Crippen molar-refractivity contribution in [1.29, 1.82) is 0 Å². The number of rotatable bonds is 4. The first-order chi connectivity index (χ1) is 7.43. The molecule has 88 valence electrons. The fraction of sp³-hybridized carbons (Fsp3) is 0.364. The van der Waals surface area contributed by atoms with Crippen molar-refractivity contribution in [2.24, 2.45) is 0 Å². The van der Waals surface area contributed by atoms with Crippen LogP contribution in [-0.4, -0.2) is 11.8 Å². The van der Waals surface area contributed by atoms with E-state index in [4.69, 9.17) is 11.6 Å². The molecule has 1 rings (SSSR count). The van der Waals surface area contributed by atoms with E-state index in [-0.39, 0.29) is 17.4 Å². The van der Waals surface area contributed by atoms with Crippen molar-refractivity contribution in [2.45, 2.75) is 19.4 Å². The summed E-state index contributed by atoms with van der Waals surface area (Å²) in [7, 11) is 0. The third kappa shape index (κ3) is 3.77. The quantitative estimate of drug-likeness (QED) is 0.815. The van der Waals surface area contributed by atoms with Crippen LogP contribution in [0.15, 0.2) is 24.3 Å². The number of nitrogens with one attached hydrogen (secondary N) is 1. The van der Waals surface area contributed by atoms with Gasteiger partial charge in [0, 0.05) is 19.0 Å². The zero-order valence-corrected chi connectivity index (χ0v) is 9.52. The third-order valence-corrected chi connectivity index (χ3v) is 2.31. The minimum atomic E-state index is -2.84. The molecule has 0 saturated heterocycles. The Morgan fingerprint density at radius 1 is 1.38 bits per heavy atom. The Morgan fingerprint density at radius 3 is 2.38 bits per heavy atom. The molecule has 5 heteroatoms. The molecule has 1 amide bonds. The van der Waals surface area contributed by atoms with Gasteiger partial charge in [0.05, 0.1) is 0 Å². The summed E-state index contributed by atoms with van der Waals surface area (Å²) in [5, 5.41) is 2.55. The molecule has 2 nitrogen and oxygen atoms in total. The van der Waals surface area contributed by atoms with E-state index in [1.54, 1.807) is 12.1 Å². The fourth-order valence-electron chi connectivity index (χ4n) is 1.16. The highest BCUT2D eigenvalue weighted by atomic mass is 35.5. The number of halogens is 3. The van der Waals surface area contributed by atoms with Gasteiger partial charge in [0.15, 0.2) is 0 Å². The number of hydrogen-bond donors (Lipinski definition) is 1. The molecule has 1 N–H and O–H groups in total. The van der Waals surface area contributed by atoms with Gasteiger partial charge >= 0.3 is 0 Å². The third-order valence-electron chi connectivity index (χ3n) is 2.07. The van der Waals surface area contributed by atoms with E-state index in [1.165, 1.54) is 12.1 Å². The number of carbonyl (C=O) groups excluding carboxylic acids is 1. The minimum Gasteiger partial charge on any atom is -0.351 e. The summed E-state index contributed by atoms with van der Waals surface area (Å²) >= 11 is 5.29. The lowest BCUT2D eigenvalue weighted by Gasteiger charge is -2.11. The molecule has 0 atom stereocenters. The van der Waals surface area contributed by atoms with Gasteiger partial charge in [-0.05, 0) is 5.56 Å². The van der Waals surface area contributed by atoms with Gasteiger partial charge in [0.2, 0.25) is 5.91 Å². The highest BCUT2D eigenvalue weighted by Crippen LogP contribution is 2.26. The van der Waals surface area contributed by atoms with Crippen LogP contribution in [0.25, 0.3) is 0 Å². The Kier molecular flexibility index (Phi) is 4.24. The molecule has 16 heavy (non-hydrogen) atoms. The molecule has 0 fully saturated rings. The van der Waals surface area contributed by atoms with E-state index in [0.29, 0.717) is 6.54 Å². The topological polar surface area (TPSA) is 29.1 Å². The largest absolute Gasteiger partial charge is 0.351 e. The van der Waals surface area contributed by atoms with Gasteiger partial charge in [0.25, 0.3) is 5.92 Å². The lowest BCUT2D eigenvalue weighted by Crippen LogP contribution is -2.23. The Morgan fingerprint density at radius 2 is 1.94 bits per heavy atom. The molecule has 0 aliphatic heterocycles. The smallest absolute Gasteiger partial charge is 0.270 e. The van der Waals surface area contributed by atoms with Crippen LogP contribution < -0.4 is 5.32 Å². The molecule has 0 saturated carbocycles. The van der Waals surface area contributed by atoms with E-state index in [1.807, 2.05) is 0 Å². The van der Waals surface area contributed by atoms with Gasteiger partial charge in [-0.2, -0.15) is 0 Å². The monoisotopic (exact) mass is 247 g/mol. The summed E-state index contributed by atoms with van der Waals surface area (Å²) < 4.78 is 25.7. The van der Waals surface area contributed by atoms with Crippen molar-refractivity contribution in [3.05, 3.63) is 35.4 Å². The number of amides is 1. The normalized spacial score (nSPS) is 11.2. The van der Waals surface area contributed by atoms with E-state index in [0.717, 1.165) is 12.5 Å². The molecule has 0 unspecified atom stereocenters. The second kappa shape index (κ2) is 5.25. The average Bonchev–Trinajstić information content (AvgIpc) is 2.25. The highest BCUT2D eigenvalue weighted by Gasteiger charge is 2.23. The van der Waals surface area contributed by atoms with Crippen molar-refractivity contribution in [3.8, 4) is 0 Å². The Bertz CT molecular complexity index is 359. The van der Waals surface area contributed by atoms with E-state index < -0.39 is 5.92 Å². The Labute approximate surface area is 97.6 Å². The summed E-state index contributed by atoms with van der Waals surface area (Å²) in [6, 6.07) is 5.81. The van der Waals surface area contributed by atoms with Crippen LogP contribution in [0.4, 0.5) is 8.78 Å². The van der Waals surface area contributed by atoms with Crippen LogP contribution in [0, 0.1) is 0 Å². The van der Waals surface area contributed by atoms with Crippen molar-refractivity contribution < 1.29 is 13.6 Å². The molecule has 1 aromatic carbocycles. The molecule has 0 heterocycles. The number of benzene rings is 1. The van der Waals surface area contributed by atoms with Gasteiger partial charge in [0.1, 0.15) is 5.88 Å². The maximum absolute atomic E-state index is 12.9. The van der Waals surface area contributed by atoms with Gasteiger partial charge in [-0.1, -0.05) is 24.3 Å². The molecule has 0 aliphatic carbocycles. The predicted molar refractivity (Wildman–Crippen MR) is 58.6 cm³/mol. The molecule has 0 aliphatic rings. The maximum atomic E-state index is 12.9. The summed E-state index contributed by atoms with van der Waals surface area (Å²) in [5.74, 6) is -3.23. The first kappa shape index (κ1) is 12.9. The molecular weight excluding hydrogens is 236 g/mol. The van der Waals surface area contributed by atoms with Crippen LogP contribution in [-0.2, 0) is 17.3 Å². The van der Waals surface area contributed by atoms with Crippen molar-refractivity contribution in [2.75, 3.05) is 5.88 Å². The molecular formula is C11H12ClF2NO. The standard InChI is InChI=1S/C11H12ClF2NO/c1-11(13,14)9-4-2-8(3-5-9)7-15-10(16)6-12/h2-5H,6-7H2,1H3,(H,15,16). The van der Waals surface area contributed by atoms with Gasteiger partial charge in [-0.15, -0.1) is 11.6 Å². The zero-order valence-electron chi connectivity index (χ0n) is 8.77. The second-order valence-electron chi connectivity index (χ2n) is 3.50. The lowest BCUT2D eigenvalue weighted by atomic mass is 10.1. The van der Waals surface area contributed by atoms with Crippen LogP contribution in [0.1, 0.15) is 18.1 Å². The van der Waals surface area contributed by atoms with Crippen molar-refractivity contribution in [3.63, 3.8) is 0 Å². The zero-order chi connectivity index (χ0) is 12.2. The lowest BCUT2D eigenvalue weighted by molar-refractivity contribution is -0.118. The summed E-state index contributed by atoms with van der Waals surface area (Å²) in [6.07, 6.45) is 0. The first-order valence-corrected chi connectivity index (χ1v) is 5.27. The fourth-order valence-corrected chi connectivity index (χ4v) is 1.26. The molecule has 1 aromatic rings. The van der Waals surface area contributed by atoms with Gasteiger partial charge in [-0.25, -0.2) is 8.78 Å². The summed E-state index contributed by atoms with van der Waals surface area (Å²) in [6.45, 7) is 1.14. The number of hydrogen-bond acceptors (Lipinski definition) is 1. The number of carbonyl (C=O) groups is 1. The predicted octanol–water partition coefficient (Wildman–Crippen LogP) is 2.65. The summed E-state index contributed by atoms with van der Waals surface area (Å²) in [4.78, 5) is 10.8. The highest BCUT2D eigenvalue weighted by molar-refractivity contribution is 6.27. The Balaban J connectivity index is 2.62. The molecule has 0 radical (unpaired) electrons. The van der Waals surface area contributed by atoms with Crippen LogP contribution >= 0.6 is 11.6 Å². The van der Waals surface area contributed by atoms with E-state index >= 15 is 0 Å². The first-order valence-electron chi connectivity index (χ1n) is 4.73. The van der Waals surface area contributed by atoms with Gasteiger partial charge in [-0.3, -0.25) is 4.79 Å². The second-order valence-corrected chi connectivity index (χ2v) is 3.76. The van der Waals surface area contributed by atoms with Crippen LogP contribution in [0.2, 0.25) is 0 Å². The SMILES string of the molecule is CC(F)(F)c1ccc(CNC(=O)CCl)cc1. The minimum absolute atomic E-state index is 0.0417. The van der Waals surface area contributed by atoms with E-state index in [9.17, 15) is 13.6 Å². The van der Waals surface area contributed by atoms with Crippen molar-refractivity contribution in [1.82, 2.24) is 5.32 Å². The van der Waals surface area contributed by atoms with Gasteiger partial charge < -0.3 is 5.32 Å².